The minimum atomic E-state index is 0.215. The first-order valence-electron chi connectivity index (χ1n) is 4.19. The Morgan fingerprint density at radius 3 is 2.50 bits per heavy atom. The molecule has 0 saturated heterocycles. The summed E-state index contributed by atoms with van der Waals surface area (Å²) in [7, 11) is 0. The summed E-state index contributed by atoms with van der Waals surface area (Å²) in [6, 6.07) is 0. The molecule has 0 amide bonds. The Morgan fingerprint density at radius 2 is 1.92 bits per heavy atom. The van der Waals surface area contributed by atoms with Crippen LogP contribution in [0.15, 0.2) is 12.4 Å². The van der Waals surface area contributed by atoms with Gasteiger partial charge in [0.25, 0.3) is 0 Å². The fourth-order valence-corrected chi connectivity index (χ4v) is 0.977. The molecule has 2 nitrogen and oxygen atoms in total. The lowest BCUT2D eigenvalue weighted by Crippen LogP contribution is -2.07. The van der Waals surface area contributed by atoms with E-state index in [2.05, 4.69) is 11.9 Å². The van der Waals surface area contributed by atoms with Crippen molar-refractivity contribution in [1.29, 1.82) is 0 Å². The smallest absolute Gasteiger partial charge is 0.141 e. The summed E-state index contributed by atoms with van der Waals surface area (Å²) in [6.45, 7) is 8.12. The molecular weight excluding hydrogens is 150 g/mol. The number of ether oxygens (including phenoxy) is 1. The fraction of sp³-hybridized carbons (Fsp3) is 0.500. The highest BCUT2D eigenvalue weighted by atomic mass is 16.5. The second kappa shape index (κ2) is 3.57. The van der Waals surface area contributed by atoms with E-state index in [-0.39, 0.29) is 6.10 Å². The molecule has 12 heavy (non-hydrogen) atoms. The Labute approximate surface area is 73.6 Å². The first-order chi connectivity index (χ1) is 5.61. The number of nitrogens with zero attached hydrogens (tertiary/aromatic N) is 1. The average molecular weight is 165 g/mol. The third kappa shape index (κ3) is 1.97. The number of rotatable bonds is 2. The molecule has 1 rings (SSSR count). The van der Waals surface area contributed by atoms with Crippen molar-refractivity contribution in [3.8, 4) is 5.75 Å². The van der Waals surface area contributed by atoms with Crippen LogP contribution in [0.1, 0.15) is 25.0 Å². The molecule has 0 aliphatic carbocycles. The van der Waals surface area contributed by atoms with Crippen molar-refractivity contribution in [1.82, 2.24) is 4.98 Å². The minimum absolute atomic E-state index is 0.215. The summed E-state index contributed by atoms with van der Waals surface area (Å²) in [5.41, 5.74) is 2.35. The van der Waals surface area contributed by atoms with Crippen LogP contribution in [0.3, 0.4) is 0 Å². The molecule has 0 N–H and O–H groups in total. The van der Waals surface area contributed by atoms with E-state index in [9.17, 15) is 0 Å². The normalized spacial score (nSPS) is 10.4. The predicted molar refractivity (Wildman–Crippen MR) is 49.5 cm³/mol. The Morgan fingerprint density at radius 1 is 1.25 bits per heavy atom. The molecule has 0 aliphatic rings. The van der Waals surface area contributed by atoms with Gasteiger partial charge in [-0.25, -0.2) is 0 Å². The Kier molecular flexibility index (Phi) is 2.69. The van der Waals surface area contributed by atoms with Crippen molar-refractivity contribution in [2.75, 3.05) is 0 Å². The monoisotopic (exact) mass is 165 g/mol. The van der Waals surface area contributed by atoms with Gasteiger partial charge in [0.1, 0.15) is 5.75 Å². The van der Waals surface area contributed by atoms with Gasteiger partial charge in [-0.05, 0) is 38.8 Å². The zero-order valence-corrected chi connectivity index (χ0v) is 8.09. The van der Waals surface area contributed by atoms with Gasteiger partial charge in [-0.3, -0.25) is 4.98 Å². The second-order valence-electron chi connectivity index (χ2n) is 3.25. The van der Waals surface area contributed by atoms with Gasteiger partial charge in [-0.15, -0.1) is 0 Å². The highest BCUT2D eigenvalue weighted by Crippen LogP contribution is 2.19. The van der Waals surface area contributed by atoms with E-state index < -0.39 is 0 Å². The summed E-state index contributed by atoms with van der Waals surface area (Å²) in [4.78, 5) is 4.07. The molecule has 0 aliphatic heterocycles. The van der Waals surface area contributed by atoms with E-state index in [4.69, 9.17) is 4.74 Å². The fourth-order valence-electron chi connectivity index (χ4n) is 0.977. The highest BCUT2D eigenvalue weighted by Gasteiger charge is 2.03. The molecule has 1 aromatic rings. The van der Waals surface area contributed by atoms with Gasteiger partial charge >= 0.3 is 0 Å². The summed E-state index contributed by atoms with van der Waals surface area (Å²) in [5.74, 6) is 0.894. The van der Waals surface area contributed by atoms with E-state index in [1.165, 1.54) is 11.1 Å². The first-order valence-corrected chi connectivity index (χ1v) is 4.19. The summed E-state index contributed by atoms with van der Waals surface area (Å²) in [6.07, 6.45) is 3.83. The molecule has 0 atom stereocenters. The zero-order valence-electron chi connectivity index (χ0n) is 8.09. The topological polar surface area (TPSA) is 22.1 Å². The molecule has 1 aromatic heterocycles. The van der Waals surface area contributed by atoms with Gasteiger partial charge in [0.05, 0.1) is 12.3 Å². The molecule has 0 unspecified atom stereocenters. The van der Waals surface area contributed by atoms with Crippen LogP contribution in [0.2, 0.25) is 0 Å². The Hall–Kier alpha value is -1.05. The standard InChI is InChI=1S/C10H15NO/c1-7(2)12-10-6-11-5-8(3)9(10)4/h5-7H,1-4H3. The Bertz CT molecular complexity index is 269. The van der Waals surface area contributed by atoms with E-state index in [1.54, 1.807) is 6.20 Å². The van der Waals surface area contributed by atoms with E-state index >= 15 is 0 Å². The number of aryl methyl sites for hydroxylation is 1. The molecule has 1 heterocycles. The third-order valence-electron chi connectivity index (χ3n) is 1.78. The third-order valence-corrected chi connectivity index (χ3v) is 1.78. The zero-order chi connectivity index (χ0) is 9.14. The van der Waals surface area contributed by atoms with Gasteiger partial charge in [0.15, 0.2) is 0 Å². The van der Waals surface area contributed by atoms with Crippen molar-refractivity contribution < 1.29 is 4.74 Å². The number of pyridine rings is 1. The molecule has 66 valence electrons. The van der Waals surface area contributed by atoms with Crippen molar-refractivity contribution in [3.63, 3.8) is 0 Å². The highest BCUT2D eigenvalue weighted by molar-refractivity contribution is 5.34. The van der Waals surface area contributed by atoms with Crippen molar-refractivity contribution in [3.05, 3.63) is 23.5 Å². The first kappa shape index (κ1) is 9.04. The lowest BCUT2D eigenvalue weighted by molar-refractivity contribution is 0.239. The number of hydrogen-bond donors (Lipinski definition) is 0. The van der Waals surface area contributed by atoms with Crippen LogP contribution in [0.5, 0.6) is 5.75 Å². The van der Waals surface area contributed by atoms with Crippen LogP contribution in [0.4, 0.5) is 0 Å². The number of hydrogen-bond acceptors (Lipinski definition) is 2. The Balaban J connectivity index is 2.92. The van der Waals surface area contributed by atoms with Crippen molar-refractivity contribution in [2.24, 2.45) is 0 Å². The van der Waals surface area contributed by atoms with Crippen LogP contribution >= 0.6 is 0 Å². The second-order valence-corrected chi connectivity index (χ2v) is 3.25. The SMILES string of the molecule is Cc1cncc(OC(C)C)c1C. The number of aromatic nitrogens is 1. The molecule has 2 heteroatoms. The molecule has 0 aromatic carbocycles. The molecule has 0 radical (unpaired) electrons. The van der Waals surface area contributed by atoms with Gasteiger partial charge in [-0.2, -0.15) is 0 Å². The minimum Gasteiger partial charge on any atom is -0.489 e. The lowest BCUT2D eigenvalue weighted by atomic mass is 10.2. The predicted octanol–water partition coefficient (Wildman–Crippen LogP) is 2.49. The molecule has 0 bridgehead atoms. The lowest BCUT2D eigenvalue weighted by Gasteiger charge is -2.12. The van der Waals surface area contributed by atoms with Gasteiger partial charge in [-0.1, -0.05) is 0 Å². The van der Waals surface area contributed by atoms with Crippen LogP contribution in [-0.2, 0) is 0 Å². The molecule has 0 spiro atoms. The van der Waals surface area contributed by atoms with Crippen LogP contribution in [0, 0.1) is 13.8 Å². The maximum Gasteiger partial charge on any atom is 0.141 e. The van der Waals surface area contributed by atoms with Crippen molar-refractivity contribution in [2.45, 2.75) is 33.8 Å². The average Bonchev–Trinajstić information content (AvgIpc) is 1.98. The van der Waals surface area contributed by atoms with Crippen LogP contribution < -0.4 is 4.74 Å². The van der Waals surface area contributed by atoms with E-state index in [1.807, 2.05) is 27.0 Å². The van der Waals surface area contributed by atoms with Crippen molar-refractivity contribution >= 4 is 0 Å². The van der Waals surface area contributed by atoms with Gasteiger partial charge < -0.3 is 4.74 Å². The molecule has 0 saturated carbocycles. The van der Waals surface area contributed by atoms with Crippen LogP contribution in [-0.4, -0.2) is 11.1 Å². The maximum absolute atomic E-state index is 5.56. The maximum atomic E-state index is 5.56. The summed E-state index contributed by atoms with van der Waals surface area (Å²) in [5, 5.41) is 0. The quantitative estimate of drug-likeness (QED) is 0.671. The largest absolute Gasteiger partial charge is 0.489 e. The molecule has 0 fully saturated rings. The van der Waals surface area contributed by atoms with E-state index in [0.29, 0.717) is 0 Å². The van der Waals surface area contributed by atoms with E-state index in [0.717, 1.165) is 5.75 Å². The molecular formula is C10H15NO. The van der Waals surface area contributed by atoms with Gasteiger partial charge in [0.2, 0.25) is 0 Å². The van der Waals surface area contributed by atoms with Crippen LogP contribution in [0.25, 0.3) is 0 Å². The van der Waals surface area contributed by atoms with Gasteiger partial charge in [0, 0.05) is 6.20 Å². The summed E-state index contributed by atoms with van der Waals surface area (Å²) >= 11 is 0. The summed E-state index contributed by atoms with van der Waals surface area (Å²) < 4.78 is 5.56.